The van der Waals surface area contributed by atoms with Crippen LogP contribution in [-0.2, 0) is 6.54 Å². The number of halogens is 1. The minimum atomic E-state index is -0.274. The first-order chi connectivity index (χ1) is 13.2. The molecule has 2 heterocycles. The number of amides is 1. The summed E-state index contributed by atoms with van der Waals surface area (Å²) in [5.74, 6) is 1.46. The highest BCUT2D eigenvalue weighted by Gasteiger charge is 2.14. The molecule has 0 bridgehead atoms. The van der Waals surface area contributed by atoms with Gasteiger partial charge in [0.15, 0.2) is 11.5 Å². The molecule has 4 rings (SSSR count). The van der Waals surface area contributed by atoms with Crippen LogP contribution in [0, 0.1) is 0 Å². The molecule has 2 aromatic carbocycles. The van der Waals surface area contributed by atoms with Gasteiger partial charge in [0, 0.05) is 35.7 Å². The van der Waals surface area contributed by atoms with Gasteiger partial charge in [-0.25, -0.2) is 9.97 Å². The van der Waals surface area contributed by atoms with E-state index in [1.54, 1.807) is 18.2 Å². The van der Waals surface area contributed by atoms with Crippen LogP contribution in [-0.4, -0.2) is 22.7 Å². The smallest absolute Gasteiger partial charge is 0.254 e. The van der Waals surface area contributed by atoms with Gasteiger partial charge in [0.2, 0.25) is 12.7 Å². The lowest BCUT2D eigenvalue weighted by Gasteiger charge is -2.08. The fourth-order valence-electron chi connectivity index (χ4n) is 2.53. The summed E-state index contributed by atoms with van der Waals surface area (Å²) >= 11 is 6.09. The fraction of sp³-hybridized carbons (Fsp3) is 0.105. The number of fused-ring (bicyclic) bond motifs is 1. The quantitative estimate of drug-likeness (QED) is 0.702. The van der Waals surface area contributed by atoms with E-state index in [-0.39, 0.29) is 12.7 Å². The van der Waals surface area contributed by atoms with Gasteiger partial charge in [0.1, 0.15) is 0 Å². The minimum absolute atomic E-state index is 0.216. The molecule has 1 amide bonds. The topological polar surface area (TPSA) is 85.4 Å². The molecular formula is C19H15ClN4O3. The number of nitrogens with one attached hydrogen (secondary N) is 2. The summed E-state index contributed by atoms with van der Waals surface area (Å²) in [6.45, 7) is 0.545. The van der Waals surface area contributed by atoms with Gasteiger partial charge in [0.05, 0.1) is 5.56 Å². The highest BCUT2D eigenvalue weighted by Crippen LogP contribution is 2.34. The highest BCUT2D eigenvalue weighted by molar-refractivity contribution is 6.31. The molecule has 1 aliphatic heterocycles. The van der Waals surface area contributed by atoms with Crippen molar-refractivity contribution in [1.29, 1.82) is 0 Å². The van der Waals surface area contributed by atoms with Crippen molar-refractivity contribution >= 4 is 29.1 Å². The summed E-state index contributed by atoms with van der Waals surface area (Å²) < 4.78 is 10.6. The van der Waals surface area contributed by atoms with Crippen LogP contribution in [0.4, 0.5) is 11.6 Å². The van der Waals surface area contributed by atoms with Crippen LogP contribution < -0.4 is 20.1 Å². The monoisotopic (exact) mass is 382 g/mol. The van der Waals surface area contributed by atoms with Crippen molar-refractivity contribution < 1.29 is 14.3 Å². The van der Waals surface area contributed by atoms with Crippen molar-refractivity contribution in [3.8, 4) is 11.5 Å². The SMILES string of the molecule is O=C(NCc1ccccc1Cl)c1cnc(Nc2ccc3c(c2)OCO3)nc1. The van der Waals surface area contributed by atoms with Crippen molar-refractivity contribution in [2.45, 2.75) is 6.54 Å². The fourth-order valence-corrected chi connectivity index (χ4v) is 2.74. The first-order valence-electron chi connectivity index (χ1n) is 8.19. The number of anilines is 2. The van der Waals surface area contributed by atoms with Gasteiger partial charge in [-0.15, -0.1) is 0 Å². The predicted octanol–water partition coefficient (Wildman–Crippen LogP) is 3.53. The Kier molecular flexibility index (Phi) is 4.76. The zero-order valence-electron chi connectivity index (χ0n) is 14.1. The number of benzene rings is 2. The molecule has 8 heteroatoms. The molecular weight excluding hydrogens is 368 g/mol. The Bertz CT molecular complexity index is 979. The molecule has 0 radical (unpaired) electrons. The van der Waals surface area contributed by atoms with E-state index in [9.17, 15) is 4.79 Å². The maximum atomic E-state index is 12.2. The number of rotatable bonds is 5. The first-order valence-corrected chi connectivity index (χ1v) is 8.57. The lowest BCUT2D eigenvalue weighted by molar-refractivity contribution is 0.0950. The summed E-state index contributed by atoms with van der Waals surface area (Å²) in [6, 6.07) is 12.8. The van der Waals surface area contributed by atoms with E-state index >= 15 is 0 Å². The van der Waals surface area contributed by atoms with E-state index in [4.69, 9.17) is 21.1 Å². The van der Waals surface area contributed by atoms with Crippen LogP contribution in [0.2, 0.25) is 5.02 Å². The lowest BCUT2D eigenvalue weighted by atomic mass is 10.2. The van der Waals surface area contributed by atoms with E-state index < -0.39 is 0 Å². The minimum Gasteiger partial charge on any atom is -0.454 e. The van der Waals surface area contributed by atoms with Crippen LogP contribution in [0.25, 0.3) is 0 Å². The van der Waals surface area contributed by atoms with Crippen LogP contribution in [0.3, 0.4) is 0 Å². The van der Waals surface area contributed by atoms with Gasteiger partial charge in [-0.05, 0) is 23.8 Å². The molecule has 0 unspecified atom stereocenters. The Labute approximate surface area is 160 Å². The Morgan fingerprint density at radius 2 is 1.85 bits per heavy atom. The number of carbonyl (C=O) groups is 1. The maximum Gasteiger partial charge on any atom is 0.254 e. The van der Waals surface area contributed by atoms with Gasteiger partial charge in [-0.2, -0.15) is 0 Å². The summed E-state index contributed by atoms with van der Waals surface area (Å²) in [5.41, 5.74) is 1.96. The Morgan fingerprint density at radius 3 is 2.67 bits per heavy atom. The van der Waals surface area contributed by atoms with E-state index in [0.29, 0.717) is 34.6 Å². The van der Waals surface area contributed by atoms with Gasteiger partial charge in [-0.1, -0.05) is 29.8 Å². The predicted molar refractivity (Wildman–Crippen MR) is 101 cm³/mol. The first kappa shape index (κ1) is 17.1. The summed E-state index contributed by atoms with van der Waals surface area (Å²) in [6.07, 6.45) is 2.93. The average Bonchev–Trinajstić information content (AvgIpc) is 3.15. The number of hydrogen-bond donors (Lipinski definition) is 2. The number of hydrogen-bond acceptors (Lipinski definition) is 6. The van der Waals surface area contributed by atoms with Crippen molar-refractivity contribution in [3.63, 3.8) is 0 Å². The number of nitrogens with zero attached hydrogens (tertiary/aromatic N) is 2. The van der Waals surface area contributed by atoms with Crippen LogP contribution in [0.5, 0.6) is 11.5 Å². The lowest BCUT2D eigenvalue weighted by Crippen LogP contribution is -2.23. The van der Waals surface area contributed by atoms with E-state index in [0.717, 1.165) is 11.3 Å². The number of aromatic nitrogens is 2. The van der Waals surface area contributed by atoms with E-state index in [1.165, 1.54) is 12.4 Å². The molecule has 2 N–H and O–H groups in total. The molecule has 1 aliphatic rings. The molecule has 0 saturated carbocycles. The molecule has 0 atom stereocenters. The normalized spacial score (nSPS) is 11.9. The molecule has 0 fully saturated rings. The molecule has 0 spiro atoms. The van der Waals surface area contributed by atoms with Gasteiger partial charge in [0.25, 0.3) is 5.91 Å². The standard InChI is InChI=1S/C19H15ClN4O3/c20-15-4-2-1-3-12(15)8-21-18(25)13-9-22-19(23-10-13)24-14-5-6-16-17(7-14)27-11-26-16/h1-7,9-10H,8,11H2,(H,21,25)(H,22,23,24). The zero-order valence-corrected chi connectivity index (χ0v) is 14.9. The Balaban J connectivity index is 1.38. The molecule has 3 aromatic rings. The van der Waals surface area contributed by atoms with Crippen molar-refractivity contribution in [2.24, 2.45) is 0 Å². The van der Waals surface area contributed by atoms with Crippen LogP contribution in [0.15, 0.2) is 54.9 Å². The van der Waals surface area contributed by atoms with Gasteiger partial charge >= 0.3 is 0 Å². The average molecular weight is 383 g/mol. The maximum absolute atomic E-state index is 12.2. The highest BCUT2D eigenvalue weighted by atomic mass is 35.5. The van der Waals surface area contributed by atoms with Gasteiger partial charge < -0.3 is 20.1 Å². The second-order valence-corrected chi connectivity index (χ2v) is 6.17. The van der Waals surface area contributed by atoms with Crippen LogP contribution in [0.1, 0.15) is 15.9 Å². The summed E-state index contributed by atoms with van der Waals surface area (Å²) in [5, 5.41) is 6.47. The second-order valence-electron chi connectivity index (χ2n) is 5.76. The third kappa shape index (κ3) is 3.93. The van der Waals surface area contributed by atoms with E-state index in [1.807, 2.05) is 24.3 Å². The summed E-state index contributed by atoms with van der Waals surface area (Å²) in [7, 11) is 0. The van der Waals surface area contributed by atoms with Crippen molar-refractivity contribution in [2.75, 3.05) is 12.1 Å². The molecule has 7 nitrogen and oxygen atoms in total. The zero-order chi connectivity index (χ0) is 18.6. The number of ether oxygens (including phenoxy) is 2. The number of carbonyl (C=O) groups excluding carboxylic acids is 1. The largest absolute Gasteiger partial charge is 0.454 e. The van der Waals surface area contributed by atoms with Gasteiger partial charge in [-0.3, -0.25) is 4.79 Å². The molecule has 136 valence electrons. The third-order valence-electron chi connectivity index (χ3n) is 3.94. The molecule has 0 aliphatic carbocycles. The summed E-state index contributed by atoms with van der Waals surface area (Å²) in [4.78, 5) is 20.6. The third-order valence-corrected chi connectivity index (χ3v) is 4.31. The van der Waals surface area contributed by atoms with Crippen molar-refractivity contribution in [1.82, 2.24) is 15.3 Å². The molecule has 0 saturated heterocycles. The second kappa shape index (κ2) is 7.51. The molecule has 27 heavy (non-hydrogen) atoms. The Hall–Kier alpha value is -3.32. The van der Waals surface area contributed by atoms with Crippen molar-refractivity contribution in [3.05, 3.63) is 71.0 Å². The van der Waals surface area contributed by atoms with Crippen LogP contribution >= 0.6 is 11.6 Å². The molecule has 1 aromatic heterocycles. The van der Waals surface area contributed by atoms with E-state index in [2.05, 4.69) is 20.6 Å². The Morgan fingerprint density at radius 1 is 1.07 bits per heavy atom.